The Balaban J connectivity index is 2.18. The van der Waals surface area contributed by atoms with Crippen LogP contribution < -0.4 is 0 Å². The van der Waals surface area contributed by atoms with Gasteiger partial charge in [0.1, 0.15) is 0 Å². The van der Waals surface area contributed by atoms with Crippen LogP contribution in [0.1, 0.15) is 40.5 Å². The quantitative estimate of drug-likeness (QED) is 0.731. The Bertz CT molecular complexity index is 433. The van der Waals surface area contributed by atoms with Crippen molar-refractivity contribution in [3.05, 3.63) is 12.2 Å². The monoisotopic (exact) mass is 282 g/mol. The lowest BCUT2D eigenvalue weighted by Gasteiger charge is -2.37. The van der Waals surface area contributed by atoms with Crippen LogP contribution in [0.25, 0.3) is 0 Å². The van der Waals surface area contributed by atoms with Crippen molar-refractivity contribution >= 4 is 12.2 Å². The molecular formula is C14H22N2O4. The molecular weight excluding hydrogens is 260 g/mol. The van der Waals surface area contributed by atoms with Crippen LogP contribution in [0.15, 0.2) is 12.2 Å². The van der Waals surface area contributed by atoms with Crippen LogP contribution in [-0.2, 0) is 9.47 Å². The van der Waals surface area contributed by atoms with Crippen molar-refractivity contribution in [2.75, 3.05) is 0 Å². The molecule has 1 aliphatic heterocycles. The lowest BCUT2D eigenvalue weighted by atomic mass is 10.1. The van der Waals surface area contributed by atoms with Gasteiger partial charge in [-0.2, -0.15) is 0 Å². The zero-order valence-corrected chi connectivity index (χ0v) is 12.5. The Hall–Kier alpha value is -1.72. The van der Waals surface area contributed by atoms with E-state index < -0.39 is 12.2 Å². The van der Waals surface area contributed by atoms with Gasteiger partial charge in [-0.3, -0.25) is 0 Å². The maximum absolute atomic E-state index is 12.2. The molecule has 0 aromatic heterocycles. The molecule has 2 rings (SSSR count). The van der Waals surface area contributed by atoms with Gasteiger partial charge in [-0.25, -0.2) is 19.6 Å². The number of ether oxygens (including phenoxy) is 2. The third-order valence-electron chi connectivity index (χ3n) is 3.38. The van der Waals surface area contributed by atoms with Gasteiger partial charge < -0.3 is 9.47 Å². The topological polar surface area (TPSA) is 59.1 Å². The Morgan fingerprint density at radius 2 is 1.60 bits per heavy atom. The zero-order chi connectivity index (χ0) is 15.0. The van der Waals surface area contributed by atoms with Crippen molar-refractivity contribution in [2.45, 2.75) is 64.8 Å². The largest absolute Gasteiger partial charge is 0.445 e. The average Bonchev–Trinajstić information content (AvgIpc) is 2.82. The van der Waals surface area contributed by atoms with Crippen LogP contribution in [0.2, 0.25) is 0 Å². The fourth-order valence-electron chi connectivity index (χ4n) is 2.70. The molecule has 1 saturated heterocycles. The number of amides is 2. The van der Waals surface area contributed by atoms with Gasteiger partial charge in [-0.1, -0.05) is 12.2 Å². The summed E-state index contributed by atoms with van der Waals surface area (Å²) < 4.78 is 10.4. The van der Waals surface area contributed by atoms with E-state index in [0.717, 1.165) is 5.57 Å². The Morgan fingerprint density at radius 1 is 1.10 bits per heavy atom. The second-order valence-corrected chi connectivity index (χ2v) is 5.82. The lowest BCUT2D eigenvalue weighted by Crippen LogP contribution is -2.54. The van der Waals surface area contributed by atoms with Crippen LogP contribution >= 0.6 is 0 Å². The minimum atomic E-state index is -0.519. The summed E-state index contributed by atoms with van der Waals surface area (Å²) >= 11 is 0. The molecule has 6 heteroatoms. The van der Waals surface area contributed by atoms with Gasteiger partial charge in [0.15, 0.2) is 0 Å². The second kappa shape index (κ2) is 5.34. The van der Waals surface area contributed by atoms with Gasteiger partial charge in [0.2, 0.25) is 0 Å². The van der Waals surface area contributed by atoms with Crippen molar-refractivity contribution in [1.29, 1.82) is 0 Å². The molecule has 6 nitrogen and oxygen atoms in total. The highest BCUT2D eigenvalue weighted by molar-refractivity contribution is 5.77. The SMILES string of the molecule is C=C1CC2CC1N(C(=O)OC(C)C)N2C(=O)OC(C)C. The Kier molecular flexibility index (Phi) is 3.92. The minimum absolute atomic E-state index is 0.0570. The molecule has 1 aliphatic carbocycles. The molecule has 0 spiro atoms. The standard InChI is InChI=1S/C14H22N2O4/c1-8(2)19-13(17)15-11-6-10(5)12(7-11)16(15)14(18)20-9(3)4/h8-9,11-12H,5-7H2,1-4H3. The smallest absolute Gasteiger partial charge is 0.429 e. The summed E-state index contributed by atoms with van der Waals surface area (Å²) in [7, 11) is 0. The van der Waals surface area contributed by atoms with Gasteiger partial charge in [0.25, 0.3) is 0 Å². The first-order valence-electron chi connectivity index (χ1n) is 6.98. The van der Waals surface area contributed by atoms with E-state index >= 15 is 0 Å². The van der Waals surface area contributed by atoms with Gasteiger partial charge in [0, 0.05) is 0 Å². The molecule has 0 aromatic rings. The predicted molar refractivity (Wildman–Crippen MR) is 72.9 cm³/mol. The maximum Gasteiger partial charge on any atom is 0.429 e. The molecule has 2 amide bonds. The van der Waals surface area contributed by atoms with Crippen LogP contribution in [0.5, 0.6) is 0 Å². The molecule has 2 aliphatic rings. The first kappa shape index (κ1) is 14.7. The van der Waals surface area contributed by atoms with E-state index in [-0.39, 0.29) is 24.3 Å². The zero-order valence-electron chi connectivity index (χ0n) is 12.5. The number of hydrazine groups is 1. The van der Waals surface area contributed by atoms with Crippen LogP contribution in [0.3, 0.4) is 0 Å². The third-order valence-corrected chi connectivity index (χ3v) is 3.38. The summed E-state index contributed by atoms with van der Waals surface area (Å²) in [4.78, 5) is 24.4. The van der Waals surface area contributed by atoms with Crippen molar-refractivity contribution < 1.29 is 19.1 Å². The number of carbonyl (C=O) groups is 2. The van der Waals surface area contributed by atoms with Gasteiger partial charge >= 0.3 is 12.2 Å². The van der Waals surface area contributed by atoms with E-state index in [4.69, 9.17) is 9.47 Å². The van der Waals surface area contributed by atoms with Crippen LogP contribution in [-0.4, -0.2) is 46.5 Å². The van der Waals surface area contributed by atoms with Gasteiger partial charge in [0.05, 0.1) is 24.3 Å². The predicted octanol–water partition coefficient (Wildman–Crippen LogP) is 2.70. The maximum atomic E-state index is 12.2. The molecule has 2 unspecified atom stereocenters. The summed E-state index contributed by atoms with van der Waals surface area (Å²) in [5.41, 5.74) is 0.962. The Morgan fingerprint density at radius 3 is 2.10 bits per heavy atom. The van der Waals surface area contributed by atoms with E-state index in [1.807, 2.05) is 0 Å². The van der Waals surface area contributed by atoms with Gasteiger partial charge in [-0.05, 0) is 40.5 Å². The molecule has 1 heterocycles. The lowest BCUT2D eigenvalue weighted by molar-refractivity contribution is -0.0412. The van der Waals surface area contributed by atoms with Gasteiger partial charge in [-0.15, -0.1) is 0 Å². The molecule has 2 fully saturated rings. The molecule has 0 radical (unpaired) electrons. The molecule has 0 aromatic carbocycles. The fourth-order valence-corrected chi connectivity index (χ4v) is 2.70. The summed E-state index contributed by atoms with van der Waals surface area (Å²) in [6, 6.07) is -0.218. The molecule has 0 N–H and O–H groups in total. The van der Waals surface area contributed by atoms with Crippen molar-refractivity contribution in [1.82, 2.24) is 10.0 Å². The normalized spacial score (nSPS) is 24.8. The number of fused-ring (bicyclic) bond motifs is 2. The van der Waals surface area contributed by atoms with Crippen molar-refractivity contribution in [2.24, 2.45) is 0 Å². The summed E-state index contributed by atoms with van der Waals surface area (Å²) in [5.74, 6) is 0. The highest BCUT2D eigenvalue weighted by atomic mass is 16.6. The summed E-state index contributed by atoms with van der Waals surface area (Å²) in [6.45, 7) is 11.1. The van der Waals surface area contributed by atoms with Crippen molar-refractivity contribution in [3.63, 3.8) is 0 Å². The summed E-state index contributed by atoms with van der Waals surface area (Å²) in [6.07, 6.45) is -0.0665. The minimum Gasteiger partial charge on any atom is -0.445 e. The molecule has 2 atom stereocenters. The molecule has 1 saturated carbocycles. The number of carbonyl (C=O) groups excluding carboxylic acids is 2. The Labute approximate surface area is 119 Å². The number of nitrogens with zero attached hydrogens (tertiary/aromatic N) is 2. The molecule has 2 bridgehead atoms. The van der Waals surface area contributed by atoms with Crippen molar-refractivity contribution in [3.8, 4) is 0 Å². The number of rotatable bonds is 2. The van der Waals surface area contributed by atoms with Crippen LogP contribution in [0.4, 0.5) is 9.59 Å². The highest BCUT2D eigenvalue weighted by Gasteiger charge is 2.52. The number of hydrogen-bond acceptors (Lipinski definition) is 4. The molecule has 20 heavy (non-hydrogen) atoms. The average molecular weight is 282 g/mol. The number of hydrogen-bond donors (Lipinski definition) is 0. The second-order valence-electron chi connectivity index (χ2n) is 5.82. The van der Waals surface area contributed by atoms with E-state index in [2.05, 4.69) is 6.58 Å². The third kappa shape index (κ3) is 2.59. The first-order chi connectivity index (χ1) is 9.31. The first-order valence-corrected chi connectivity index (χ1v) is 6.98. The molecule has 112 valence electrons. The van der Waals surface area contributed by atoms with E-state index in [1.54, 1.807) is 27.7 Å². The highest BCUT2D eigenvalue weighted by Crippen LogP contribution is 2.41. The summed E-state index contributed by atoms with van der Waals surface area (Å²) in [5, 5.41) is 2.76. The van der Waals surface area contributed by atoms with E-state index in [9.17, 15) is 9.59 Å². The van der Waals surface area contributed by atoms with E-state index in [0.29, 0.717) is 12.8 Å². The fraction of sp³-hybridized carbons (Fsp3) is 0.714. The van der Waals surface area contributed by atoms with E-state index in [1.165, 1.54) is 10.0 Å². The van der Waals surface area contributed by atoms with Crippen LogP contribution in [0, 0.1) is 0 Å².